The minimum absolute atomic E-state index is 0.299. The Labute approximate surface area is 125 Å². The van der Waals surface area contributed by atoms with Gasteiger partial charge in [-0.3, -0.25) is 4.79 Å². The fourth-order valence-corrected chi connectivity index (χ4v) is 1.88. The van der Waals surface area contributed by atoms with Crippen LogP contribution >= 0.6 is 0 Å². The number of hydrogen-bond acceptors (Lipinski definition) is 1. The lowest BCUT2D eigenvalue weighted by molar-refractivity contribution is 0.0962. The molecular formula is C18H20FNO. The zero-order valence-electron chi connectivity index (χ0n) is 12.7. The van der Waals surface area contributed by atoms with Crippen molar-refractivity contribution in [3.63, 3.8) is 0 Å². The van der Waals surface area contributed by atoms with Gasteiger partial charge < -0.3 is 5.32 Å². The number of rotatable bonds is 5. The Kier molecular flexibility index (Phi) is 5.85. The molecule has 0 atom stereocenters. The molecule has 0 fully saturated rings. The first-order chi connectivity index (χ1) is 9.94. The second kappa shape index (κ2) is 7.39. The highest BCUT2D eigenvalue weighted by Crippen LogP contribution is 2.22. The van der Waals surface area contributed by atoms with E-state index in [1.54, 1.807) is 24.3 Å². The van der Waals surface area contributed by atoms with Crippen molar-refractivity contribution in [3.8, 4) is 0 Å². The lowest BCUT2D eigenvalue weighted by atomic mass is 10.00. The maximum Gasteiger partial charge on any atom is 0.251 e. The molecule has 1 amide bonds. The van der Waals surface area contributed by atoms with Gasteiger partial charge in [0.15, 0.2) is 0 Å². The highest BCUT2D eigenvalue weighted by molar-refractivity contribution is 5.94. The minimum atomic E-state index is -0.426. The second-order valence-corrected chi connectivity index (χ2v) is 4.65. The van der Waals surface area contributed by atoms with Crippen LogP contribution in [-0.4, -0.2) is 13.0 Å². The first-order valence-corrected chi connectivity index (χ1v) is 6.60. The van der Waals surface area contributed by atoms with E-state index in [1.807, 2.05) is 19.9 Å². The fourth-order valence-electron chi connectivity index (χ4n) is 1.88. The zero-order chi connectivity index (χ0) is 16.0. The summed E-state index contributed by atoms with van der Waals surface area (Å²) in [6.07, 6.45) is 5.28. The number of halogens is 1. The van der Waals surface area contributed by atoms with E-state index in [0.29, 0.717) is 11.1 Å². The minimum Gasteiger partial charge on any atom is -0.355 e. The van der Waals surface area contributed by atoms with Crippen molar-refractivity contribution in [2.24, 2.45) is 0 Å². The lowest BCUT2D eigenvalue weighted by Crippen LogP contribution is -2.17. The highest BCUT2D eigenvalue weighted by atomic mass is 19.1. The number of carbonyl (C=O) groups excluding carboxylic acids is 1. The Bertz CT molecular complexity index is 639. The third-order valence-electron chi connectivity index (χ3n) is 3.24. The molecule has 0 spiro atoms. The summed E-state index contributed by atoms with van der Waals surface area (Å²) < 4.78 is 14.2. The van der Waals surface area contributed by atoms with Crippen LogP contribution in [-0.2, 0) is 0 Å². The van der Waals surface area contributed by atoms with Crippen LogP contribution in [0.3, 0.4) is 0 Å². The zero-order valence-corrected chi connectivity index (χ0v) is 12.7. The number of hydrogen-bond donors (Lipinski definition) is 1. The first kappa shape index (κ1) is 16.6. The van der Waals surface area contributed by atoms with Crippen molar-refractivity contribution < 1.29 is 9.18 Å². The average Bonchev–Trinajstić information content (AvgIpc) is 2.50. The van der Waals surface area contributed by atoms with E-state index in [1.165, 1.54) is 13.1 Å². The third-order valence-corrected chi connectivity index (χ3v) is 3.24. The van der Waals surface area contributed by atoms with Gasteiger partial charge in [0.25, 0.3) is 5.91 Å². The predicted octanol–water partition coefficient (Wildman–Crippen LogP) is 4.28. The van der Waals surface area contributed by atoms with Crippen molar-refractivity contribution in [2.45, 2.75) is 13.8 Å². The Morgan fingerprint density at radius 1 is 1.24 bits per heavy atom. The second-order valence-electron chi connectivity index (χ2n) is 4.65. The molecule has 21 heavy (non-hydrogen) atoms. The highest BCUT2D eigenvalue weighted by Gasteiger charge is 2.09. The van der Waals surface area contributed by atoms with Gasteiger partial charge >= 0.3 is 0 Å². The molecule has 1 rings (SSSR count). The van der Waals surface area contributed by atoms with Crippen molar-refractivity contribution in [1.82, 2.24) is 5.32 Å². The van der Waals surface area contributed by atoms with E-state index in [4.69, 9.17) is 0 Å². The molecule has 0 aromatic heterocycles. The summed E-state index contributed by atoms with van der Waals surface area (Å²) in [5.74, 6) is -0.735. The van der Waals surface area contributed by atoms with Crippen LogP contribution in [0.4, 0.5) is 4.39 Å². The Balaban J connectivity index is 3.25. The van der Waals surface area contributed by atoms with E-state index in [9.17, 15) is 9.18 Å². The van der Waals surface area contributed by atoms with Gasteiger partial charge in [-0.25, -0.2) is 4.39 Å². The number of amides is 1. The van der Waals surface area contributed by atoms with Gasteiger partial charge in [-0.2, -0.15) is 0 Å². The molecule has 0 saturated carbocycles. The van der Waals surface area contributed by atoms with Gasteiger partial charge in [-0.15, -0.1) is 0 Å². The molecule has 1 N–H and O–H groups in total. The van der Waals surface area contributed by atoms with Crippen LogP contribution in [0.1, 0.15) is 29.8 Å². The molecule has 0 radical (unpaired) electrons. The van der Waals surface area contributed by atoms with Crippen LogP contribution in [0, 0.1) is 5.82 Å². The SMILES string of the molecule is C=C/C(C)=C(C=C)\C=C(/C)c1ccc(C(=O)NC)cc1F. The van der Waals surface area contributed by atoms with Gasteiger partial charge in [0, 0.05) is 18.2 Å². The molecular weight excluding hydrogens is 265 g/mol. The van der Waals surface area contributed by atoms with Crippen molar-refractivity contribution in [1.29, 1.82) is 0 Å². The van der Waals surface area contributed by atoms with E-state index in [0.717, 1.165) is 16.7 Å². The van der Waals surface area contributed by atoms with Crippen molar-refractivity contribution >= 4 is 11.5 Å². The number of benzene rings is 1. The lowest BCUT2D eigenvalue weighted by Gasteiger charge is -2.07. The molecule has 0 heterocycles. The summed E-state index contributed by atoms with van der Waals surface area (Å²) in [5, 5.41) is 2.47. The van der Waals surface area contributed by atoms with Crippen LogP contribution in [0.25, 0.3) is 5.57 Å². The normalized spacial score (nSPS) is 12.5. The van der Waals surface area contributed by atoms with Gasteiger partial charge in [0.2, 0.25) is 0 Å². The molecule has 0 aliphatic rings. The van der Waals surface area contributed by atoms with Crippen molar-refractivity contribution in [2.75, 3.05) is 7.05 Å². The van der Waals surface area contributed by atoms with Gasteiger partial charge in [-0.05, 0) is 42.7 Å². The summed E-state index contributed by atoms with van der Waals surface area (Å²) in [4.78, 5) is 11.5. The first-order valence-electron chi connectivity index (χ1n) is 6.60. The summed E-state index contributed by atoms with van der Waals surface area (Å²) >= 11 is 0. The molecule has 110 valence electrons. The van der Waals surface area contributed by atoms with Gasteiger partial charge in [0.05, 0.1) is 0 Å². The van der Waals surface area contributed by atoms with E-state index in [-0.39, 0.29) is 5.91 Å². The number of carbonyl (C=O) groups is 1. The number of nitrogens with one attached hydrogen (secondary N) is 1. The maximum absolute atomic E-state index is 14.2. The monoisotopic (exact) mass is 285 g/mol. The summed E-state index contributed by atoms with van der Waals surface area (Å²) in [6, 6.07) is 4.45. The maximum atomic E-state index is 14.2. The average molecular weight is 285 g/mol. The summed E-state index contributed by atoms with van der Waals surface area (Å²) in [5.41, 5.74) is 3.36. The van der Waals surface area contributed by atoms with Crippen LogP contribution in [0.5, 0.6) is 0 Å². The predicted molar refractivity (Wildman–Crippen MR) is 86.5 cm³/mol. The van der Waals surface area contributed by atoms with Gasteiger partial charge in [0.1, 0.15) is 5.82 Å². The van der Waals surface area contributed by atoms with Crippen LogP contribution in [0.15, 0.2) is 60.7 Å². The fraction of sp³-hybridized carbons (Fsp3) is 0.167. The molecule has 0 saturated heterocycles. The smallest absolute Gasteiger partial charge is 0.251 e. The Hall–Kier alpha value is -2.42. The Morgan fingerprint density at radius 2 is 1.90 bits per heavy atom. The topological polar surface area (TPSA) is 29.1 Å². The standard InChI is InChI=1S/C18H20FNO/c1-6-12(3)14(7-2)10-13(4)16-9-8-15(11-17(16)19)18(21)20-5/h6-11H,1-2H2,3-5H3,(H,20,21)/b13-10+,14-12-. The third kappa shape index (κ3) is 4.02. The molecule has 0 unspecified atom stereocenters. The molecule has 1 aromatic rings. The summed E-state index contributed by atoms with van der Waals surface area (Å²) in [7, 11) is 1.51. The summed E-state index contributed by atoms with van der Waals surface area (Å²) in [6.45, 7) is 11.2. The number of allylic oxidation sites excluding steroid dienone is 6. The molecule has 3 heteroatoms. The molecule has 0 aliphatic heterocycles. The Morgan fingerprint density at radius 3 is 2.38 bits per heavy atom. The molecule has 0 aliphatic carbocycles. The largest absolute Gasteiger partial charge is 0.355 e. The molecule has 0 bridgehead atoms. The van der Waals surface area contributed by atoms with Crippen molar-refractivity contribution in [3.05, 3.63) is 77.7 Å². The van der Waals surface area contributed by atoms with Crippen LogP contribution < -0.4 is 5.32 Å². The van der Waals surface area contributed by atoms with E-state index >= 15 is 0 Å². The quantitative estimate of drug-likeness (QED) is 0.804. The van der Waals surface area contributed by atoms with Crippen LogP contribution in [0.2, 0.25) is 0 Å². The molecule has 2 nitrogen and oxygen atoms in total. The van der Waals surface area contributed by atoms with E-state index in [2.05, 4.69) is 18.5 Å². The molecule has 1 aromatic carbocycles. The van der Waals surface area contributed by atoms with E-state index < -0.39 is 5.82 Å². The van der Waals surface area contributed by atoms with Gasteiger partial charge in [-0.1, -0.05) is 37.5 Å².